The Hall–Kier alpha value is -1.73. The fourth-order valence-electron chi connectivity index (χ4n) is 1.67. The topological polar surface area (TPSA) is 86.5 Å². The summed E-state index contributed by atoms with van der Waals surface area (Å²) in [7, 11) is -4.11. The Bertz CT molecular complexity index is 692. The third-order valence-electron chi connectivity index (χ3n) is 2.74. The quantitative estimate of drug-likeness (QED) is 0.884. The number of sulfonamides is 1. The molecule has 0 radical (unpaired) electrons. The molecule has 0 unspecified atom stereocenters. The minimum Gasteiger partial charge on any atom is -0.479 e. The molecule has 1 aromatic rings. The van der Waals surface area contributed by atoms with Crippen LogP contribution in [0.25, 0.3) is 5.76 Å². The lowest BCUT2D eigenvalue weighted by atomic mass is 10.1. The monoisotopic (exact) mass is 285 g/mol. The van der Waals surface area contributed by atoms with Crippen molar-refractivity contribution < 1.29 is 22.3 Å². The molecular formula is C12H12FNO4S. The molecule has 0 aromatic heterocycles. The molecule has 0 bridgehead atoms. The summed E-state index contributed by atoms with van der Waals surface area (Å²) in [4.78, 5) is 11.0. The molecule has 2 rings (SSSR count). The van der Waals surface area contributed by atoms with E-state index < -0.39 is 26.3 Å². The van der Waals surface area contributed by atoms with E-state index in [2.05, 4.69) is 0 Å². The highest BCUT2D eigenvalue weighted by Gasteiger charge is 2.35. The van der Waals surface area contributed by atoms with E-state index in [-0.39, 0.29) is 17.1 Å². The van der Waals surface area contributed by atoms with E-state index in [9.17, 15) is 17.6 Å². The van der Waals surface area contributed by atoms with Crippen LogP contribution in [0, 0.1) is 5.82 Å². The minimum atomic E-state index is -4.11. The lowest BCUT2D eigenvalue weighted by Gasteiger charge is -2.18. The number of carbonyl (C=O) groups is 1. The molecule has 2 N–H and O–H groups in total. The number of primary sulfonamides is 1. The fourth-order valence-corrected chi connectivity index (χ4v) is 2.26. The molecular weight excluding hydrogens is 273 g/mol. The van der Waals surface area contributed by atoms with Gasteiger partial charge in [0, 0.05) is 11.6 Å². The summed E-state index contributed by atoms with van der Waals surface area (Å²) >= 11 is 0. The average Bonchev–Trinajstić information content (AvgIpc) is 2.51. The SMILES string of the molecule is CC1(C)OC(c2ccc(S(N)(=O)=O)c(F)c2)=CC1=O. The van der Waals surface area contributed by atoms with Crippen LogP contribution in [0.4, 0.5) is 4.39 Å². The molecule has 1 aliphatic rings. The highest BCUT2D eigenvalue weighted by Crippen LogP contribution is 2.31. The molecule has 0 atom stereocenters. The molecule has 1 heterocycles. The van der Waals surface area contributed by atoms with Crippen molar-refractivity contribution in [3.63, 3.8) is 0 Å². The Balaban J connectivity index is 2.43. The standard InChI is InChI=1S/C12H12FNO4S/c1-12(2)11(15)6-9(18-12)7-3-4-10(8(13)5-7)19(14,16)17/h3-6H,1-2H3,(H2,14,16,17). The molecule has 0 saturated heterocycles. The molecule has 0 aliphatic carbocycles. The predicted octanol–water partition coefficient (Wildman–Crippen LogP) is 1.19. The summed E-state index contributed by atoms with van der Waals surface area (Å²) < 4.78 is 41.2. The lowest BCUT2D eigenvalue weighted by molar-refractivity contribution is -0.125. The first-order chi connectivity index (χ1) is 8.61. The second-order valence-corrected chi connectivity index (χ2v) is 6.21. The second-order valence-electron chi connectivity index (χ2n) is 4.68. The Labute approximate surface area is 109 Å². The molecule has 1 aliphatic heterocycles. The summed E-state index contributed by atoms with van der Waals surface area (Å²) in [5, 5.41) is 4.86. The summed E-state index contributed by atoms with van der Waals surface area (Å²) in [6.45, 7) is 3.18. The van der Waals surface area contributed by atoms with E-state index in [0.29, 0.717) is 0 Å². The number of rotatable bonds is 2. The molecule has 0 saturated carbocycles. The summed E-state index contributed by atoms with van der Waals surface area (Å²) in [5.74, 6) is -1.02. The van der Waals surface area contributed by atoms with Crippen LogP contribution in [0.3, 0.4) is 0 Å². The zero-order chi connectivity index (χ0) is 14.4. The van der Waals surface area contributed by atoms with Gasteiger partial charge in [0.05, 0.1) is 0 Å². The van der Waals surface area contributed by atoms with E-state index in [1.807, 2.05) is 0 Å². The fraction of sp³-hybridized carbons (Fsp3) is 0.250. The number of carbonyl (C=O) groups excluding carboxylic acids is 1. The van der Waals surface area contributed by atoms with Crippen LogP contribution in [0.5, 0.6) is 0 Å². The van der Waals surface area contributed by atoms with Gasteiger partial charge in [0.2, 0.25) is 15.8 Å². The van der Waals surface area contributed by atoms with Gasteiger partial charge in [0.25, 0.3) is 0 Å². The third kappa shape index (κ3) is 2.52. The molecule has 0 fully saturated rings. The molecule has 5 nitrogen and oxygen atoms in total. The van der Waals surface area contributed by atoms with Crippen LogP contribution in [0.1, 0.15) is 19.4 Å². The zero-order valence-corrected chi connectivity index (χ0v) is 11.1. The van der Waals surface area contributed by atoms with Crippen molar-refractivity contribution in [1.29, 1.82) is 0 Å². The Morgan fingerprint density at radius 3 is 2.37 bits per heavy atom. The first-order valence-electron chi connectivity index (χ1n) is 5.39. The van der Waals surface area contributed by atoms with Crippen LogP contribution in [-0.2, 0) is 19.6 Å². The van der Waals surface area contributed by atoms with Crippen LogP contribution in [0.15, 0.2) is 29.2 Å². The van der Waals surface area contributed by atoms with Gasteiger partial charge in [-0.3, -0.25) is 4.79 Å². The van der Waals surface area contributed by atoms with Crippen molar-refractivity contribution in [2.24, 2.45) is 5.14 Å². The van der Waals surface area contributed by atoms with Crippen molar-refractivity contribution in [1.82, 2.24) is 0 Å². The van der Waals surface area contributed by atoms with Crippen molar-refractivity contribution in [2.45, 2.75) is 24.3 Å². The van der Waals surface area contributed by atoms with Crippen molar-refractivity contribution in [3.8, 4) is 0 Å². The van der Waals surface area contributed by atoms with Gasteiger partial charge in [-0.1, -0.05) is 0 Å². The molecule has 0 spiro atoms. The van der Waals surface area contributed by atoms with Crippen LogP contribution in [0.2, 0.25) is 0 Å². The van der Waals surface area contributed by atoms with Crippen LogP contribution < -0.4 is 5.14 Å². The highest BCUT2D eigenvalue weighted by atomic mass is 32.2. The lowest BCUT2D eigenvalue weighted by Crippen LogP contribution is -2.27. The Kier molecular flexibility index (Phi) is 2.98. The first-order valence-corrected chi connectivity index (χ1v) is 6.94. The number of nitrogens with two attached hydrogens (primary N) is 1. The number of benzene rings is 1. The Morgan fingerprint density at radius 2 is 1.95 bits per heavy atom. The third-order valence-corrected chi connectivity index (χ3v) is 3.69. The number of hydrogen-bond acceptors (Lipinski definition) is 4. The van der Waals surface area contributed by atoms with Gasteiger partial charge < -0.3 is 4.74 Å². The normalized spacial score (nSPS) is 18.1. The molecule has 0 amide bonds. The van der Waals surface area contributed by atoms with Crippen molar-refractivity contribution >= 4 is 21.6 Å². The van der Waals surface area contributed by atoms with Crippen molar-refractivity contribution in [3.05, 3.63) is 35.7 Å². The second kappa shape index (κ2) is 4.14. The van der Waals surface area contributed by atoms with Gasteiger partial charge in [0.1, 0.15) is 16.5 Å². The number of ether oxygens (including phenoxy) is 1. The maximum absolute atomic E-state index is 13.7. The zero-order valence-electron chi connectivity index (χ0n) is 10.3. The number of halogens is 1. The Morgan fingerprint density at radius 1 is 1.32 bits per heavy atom. The summed E-state index contributed by atoms with van der Waals surface area (Å²) in [6, 6.07) is 3.35. The maximum Gasteiger partial charge on any atom is 0.240 e. The van der Waals surface area contributed by atoms with E-state index in [4.69, 9.17) is 9.88 Å². The smallest absolute Gasteiger partial charge is 0.240 e. The van der Waals surface area contributed by atoms with Gasteiger partial charge in [-0.15, -0.1) is 0 Å². The average molecular weight is 285 g/mol. The highest BCUT2D eigenvalue weighted by molar-refractivity contribution is 7.89. The molecule has 1 aromatic carbocycles. The first kappa shape index (κ1) is 13.7. The molecule has 102 valence electrons. The largest absolute Gasteiger partial charge is 0.479 e. The molecule has 7 heteroatoms. The van der Waals surface area contributed by atoms with Crippen LogP contribution >= 0.6 is 0 Å². The predicted molar refractivity (Wildman–Crippen MR) is 65.9 cm³/mol. The van der Waals surface area contributed by atoms with Gasteiger partial charge in [-0.05, 0) is 32.0 Å². The van der Waals surface area contributed by atoms with Gasteiger partial charge in [-0.25, -0.2) is 17.9 Å². The van der Waals surface area contributed by atoms with Gasteiger partial charge in [0.15, 0.2) is 5.60 Å². The summed E-state index contributed by atoms with van der Waals surface area (Å²) in [6.07, 6.45) is 1.26. The van der Waals surface area contributed by atoms with Gasteiger partial charge >= 0.3 is 0 Å². The van der Waals surface area contributed by atoms with Crippen molar-refractivity contribution in [2.75, 3.05) is 0 Å². The molecule has 19 heavy (non-hydrogen) atoms. The van der Waals surface area contributed by atoms with E-state index in [1.54, 1.807) is 13.8 Å². The van der Waals surface area contributed by atoms with E-state index >= 15 is 0 Å². The van der Waals surface area contributed by atoms with E-state index in [1.165, 1.54) is 12.1 Å². The van der Waals surface area contributed by atoms with E-state index in [0.717, 1.165) is 12.1 Å². The number of hydrogen-bond donors (Lipinski definition) is 1. The van der Waals surface area contributed by atoms with Gasteiger partial charge in [-0.2, -0.15) is 0 Å². The summed E-state index contributed by atoms with van der Waals surface area (Å²) in [5.41, 5.74) is -0.714. The van der Waals surface area contributed by atoms with Crippen LogP contribution in [-0.4, -0.2) is 19.8 Å². The maximum atomic E-state index is 13.7. The minimum absolute atomic E-state index is 0.204. The number of ketones is 1.